The van der Waals surface area contributed by atoms with Crippen molar-refractivity contribution in [1.82, 2.24) is 0 Å². The molecule has 3 nitrogen and oxygen atoms in total. The van der Waals surface area contributed by atoms with Crippen molar-refractivity contribution in [2.45, 2.75) is 68.4 Å². The van der Waals surface area contributed by atoms with E-state index in [1.54, 1.807) is 0 Å². The largest absolute Gasteiger partial charge is 0.385 e. The number of alkyl halides is 1. The van der Waals surface area contributed by atoms with Gasteiger partial charge in [0.15, 0.2) is 0 Å². The molecule has 2 saturated carbocycles. The fourth-order valence-electron chi connectivity index (χ4n) is 4.26. The summed E-state index contributed by atoms with van der Waals surface area (Å²) in [4.78, 5) is 4.56. The van der Waals surface area contributed by atoms with Crippen LogP contribution in [0, 0.1) is 11.8 Å². The van der Waals surface area contributed by atoms with Crippen LogP contribution in [0.3, 0.4) is 0 Å². The van der Waals surface area contributed by atoms with E-state index in [4.69, 9.17) is 17.3 Å². The van der Waals surface area contributed by atoms with Gasteiger partial charge in [-0.05, 0) is 38.0 Å². The molecule has 0 saturated heterocycles. The summed E-state index contributed by atoms with van der Waals surface area (Å²) in [5.74, 6) is 0.957. The van der Waals surface area contributed by atoms with E-state index in [1.807, 2.05) is 0 Å². The third-order valence-corrected chi connectivity index (χ3v) is 5.65. The van der Waals surface area contributed by atoms with Gasteiger partial charge in [0, 0.05) is 11.3 Å². The maximum Gasteiger partial charge on any atom is 0.129 e. The fourth-order valence-corrected chi connectivity index (χ4v) is 4.58. The lowest BCUT2D eigenvalue weighted by atomic mass is 9.66. The highest BCUT2D eigenvalue weighted by atomic mass is 35.5. The van der Waals surface area contributed by atoms with Gasteiger partial charge in [0.1, 0.15) is 11.4 Å². The summed E-state index contributed by atoms with van der Waals surface area (Å²) in [6.07, 6.45) is 8.73. The SMILES string of the molecule is NC1=NC2CCC(Cl)CC2C1(O)C1CCCCC1. The first-order chi connectivity index (χ1) is 8.62. The lowest BCUT2D eigenvalue weighted by molar-refractivity contribution is -0.0289. The van der Waals surface area contributed by atoms with Crippen LogP contribution in [0.15, 0.2) is 4.99 Å². The molecule has 0 radical (unpaired) electrons. The van der Waals surface area contributed by atoms with Crippen molar-refractivity contribution in [1.29, 1.82) is 0 Å². The van der Waals surface area contributed by atoms with Crippen LogP contribution in [0.1, 0.15) is 51.4 Å². The molecule has 3 rings (SSSR count). The highest BCUT2D eigenvalue weighted by Crippen LogP contribution is 2.48. The molecule has 4 atom stereocenters. The molecule has 0 aromatic heterocycles. The predicted molar refractivity (Wildman–Crippen MR) is 73.9 cm³/mol. The second kappa shape index (κ2) is 4.68. The molecule has 3 aliphatic rings. The van der Waals surface area contributed by atoms with E-state index in [0.29, 0.717) is 11.8 Å². The van der Waals surface area contributed by atoms with Gasteiger partial charge in [-0.3, -0.25) is 4.99 Å². The molecule has 0 bridgehead atoms. The maximum absolute atomic E-state index is 11.2. The predicted octanol–water partition coefficient (Wildman–Crippen LogP) is 2.44. The summed E-state index contributed by atoms with van der Waals surface area (Å²) >= 11 is 6.29. The summed E-state index contributed by atoms with van der Waals surface area (Å²) in [6, 6.07) is 0.215. The summed E-state index contributed by atoms with van der Waals surface area (Å²) in [7, 11) is 0. The molecule has 2 fully saturated rings. The molecule has 0 amide bonds. The van der Waals surface area contributed by atoms with E-state index in [0.717, 1.165) is 32.1 Å². The van der Waals surface area contributed by atoms with E-state index in [1.165, 1.54) is 19.3 Å². The number of aliphatic hydroxyl groups is 1. The molecule has 2 aliphatic carbocycles. The number of hydrogen-bond donors (Lipinski definition) is 2. The third-order valence-electron chi connectivity index (χ3n) is 5.26. The van der Waals surface area contributed by atoms with Crippen LogP contribution in [0.5, 0.6) is 0 Å². The first-order valence-corrected chi connectivity index (χ1v) is 7.76. The summed E-state index contributed by atoms with van der Waals surface area (Å²) in [5.41, 5.74) is 5.24. The number of nitrogens with two attached hydrogens (primary N) is 1. The van der Waals surface area contributed by atoms with Gasteiger partial charge >= 0.3 is 0 Å². The van der Waals surface area contributed by atoms with Gasteiger partial charge in [0.05, 0.1) is 6.04 Å². The highest BCUT2D eigenvalue weighted by molar-refractivity contribution is 6.20. The van der Waals surface area contributed by atoms with E-state index in [2.05, 4.69) is 4.99 Å². The van der Waals surface area contributed by atoms with E-state index >= 15 is 0 Å². The number of nitrogens with zero attached hydrogens (tertiary/aromatic N) is 1. The molecule has 0 spiro atoms. The Morgan fingerprint density at radius 3 is 2.61 bits per heavy atom. The number of rotatable bonds is 1. The lowest BCUT2D eigenvalue weighted by Crippen LogP contribution is -2.55. The molecule has 1 aliphatic heterocycles. The Kier molecular flexibility index (Phi) is 3.31. The van der Waals surface area contributed by atoms with Crippen molar-refractivity contribution in [3.63, 3.8) is 0 Å². The zero-order valence-electron chi connectivity index (χ0n) is 10.8. The van der Waals surface area contributed by atoms with Crippen LogP contribution >= 0.6 is 11.6 Å². The Hall–Kier alpha value is -0.280. The second-order valence-corrected chi connectivity index (χ2v) is 6.88. The first-order valence-electron chi connectivity index (χ1n) is 7.32. The molecule has 3 N–H and O–H groups in total. The van der Waals surface area contributed by atoms with Crippen LogP contribution < -0.4 is 5.73 Å². The van der Waals surface area contributed by atoms with Crippen molar-refractivity contribution in [3.05, 3.63) is 0 Å². The topological polar surface area (TPSA) is 58.6 Å². The van der Waals surface area contributed by atoms with E-state index < -0.39 is 5.60 Å². The third kappa shape index (κ3) is 1.87. The first kappa shape index (κ1) is 12.7. The van der Waals surface area contributed by atoms with Crippen molar-refractivity contribution < 1.29 is 5.11 Å². The normalized spacial score (nSPS) is 45.7. The number of halogens is 1. The van der Waals surface area contributed by atoms with Crippen molar-refractivity contribution in [2.24, 2.45) is 22.6 Å². The lowest BCUT2D eigenvalue weighted by Gasteiger charge is -2.43. The van der Waals surface area contributed by atoms with Crippen LogP contribution in [0.25, 0.3) is 0 Å². The Morgan fingerprint density at radius 1 is 1.17 bits per heavy atom. The minimum absolute atomic E-state index is 0.164. The zero-order chi connectivity index (χ0) is 12.8. The number of aliphatic imine (C=N–C) groups is 1. The van der Waals surface area contributed by atoms with Crippen LogP contribution in [-0.2, 0) is 0 Å². The van der Waals surface area contributed by atoms with Gasteiger partial charge in [0.2, 0.25) is 0 Å². The van der Waals surface area contributed by atoms with Gasteiger partial charge in [-0.2, -0.15) is 0 Å². The Labute approximate surface area is 114 Å². The Morgan fingerprint density at radius 2 is 1.89 bits per heavy atom. The van der Waals surface area contributed by atoms with Gasteiger partial charge in [-0.15, -0.1) is 11.6 Å². The second-order valence-electron chi connectivity index (χ2n) is 6.26. The van der Waals surface area contributed by atoms with Crippen molar-refractivity contribution >= 4 is 17.4 Å². The molecule has 102 valence electrons. The Bertz CT molecular complexity index is 354. The van der Waals surface area contributed by atoms with Gasteiger partial charge in [-0.1, -0.05) is 19.3 Å². The number of hydrogen-bond acceptors (Lipinski definition) is 3. The fraction of sp³-hybridized carbons (Fsp3) is 0.929. The summed E-state index contributed by atoms with van der Waals surface area (Å²) < 4.78 is 0. The Balaban J connectivity index is 1.86. The van der Waals surface area contributed by atoms with Gasteiger partial charge in [-0.25, -0.2) is 0 Å². The average molecular weight is 271 g/mol. The molecule has 0 aromatic carbocycles. The molecule has 1 heterocycles. The molecule has 4 unspecified atom stereocenters. The zero-order valence-corrected chi connectivity index (χ0v) is 11.6. The van der Waals surface area contributed by atoms with Crippen LogP contribution in [0.2, 0.25) is 0 Å². The smallest absolute Gasteiger partial charge is 0.129 e. The molecule has 0 aromatic rings. The highest BCUT2D eigenvalue weighted by Gasteiger charge is 2.55. The average Bonchev–Trinajstić information content (AvgIpc) is 2.64. The van der Waals surface area contributed by atoms with Crippen molar-refractivity contribution in [3.8, 4) is 0 Å². The minimum atomic E-state index is -0.862. The molecular formula is C14H23ClN2O. The van der Waals surface area contributed by atoms with Crippen molar-refractivity contribution in [2.75, 3.05) is 0 Å². The van der Waals surface area contributed by atoms with E-state index in [-0.39, 0.29) is 17.3 Å². The quantitative estimate of drug-likeness (QED) is 0.719. The molecular weight excluding hydrogens is 248 g/mol. The summed E-state index contributed by atoms with van der Waals surface area (Å²) in [5, 5.41) is 11.4. The number of amidine groups is 1. The maximum atomic E-state index is 11.2. The monoisotopic (exact) mass is 270 g/mol. The van der Waals surface area contributed by atoms with Gasteiger partial charge < -0.3 is 10.8 Å². The van der Waals surface area contributed by atoms with E-state index in [9.17, 15) is 5.11 Å². The number of fused-ring (bicyclic) bond motifs is 1. The standard InChI is InChI=1S/C14H23ClN2O/c15-10-6-7-12-11(8-10)14(18,13(16)17-12)9-4-2-1-3-5-9/h9-12,18H,1-8H2,(H2,16,17). The minimum Gasteiger partial charge on any atom is -0.385 e. The van der Waals surface area contributed by atoms with Crippen LogP contribution in [0.4, 0.5) is 0 Å². The molecule has 4 heteroatoms. The van der Waals surface area contributed by atoms with Gasteiger partial charge in [0.25, 0.3) is 0 Å². The van der Waals surface area contributed by atoms with Crippen LogP contribution in [-0.4, -0.2) is 28.0 Å². The molecule has 18 heavy (non-hydrogen) atoms. The summed E-state index contributed by atoms with van der Waals surface area (Å²) in [6.45, 7) is 0.